The summed E-state index contributed by atoms with van der Waals surface area (Å²) in [6.07, 6.45) is 0.703. The van der Waals surface area contributed by atoms with Gasteiger partial charge in [0.05, 0.1) is 4.92 Å². The highest BCUT2D eigenvalue weighted by atomic mass is 16.6. The van der Waals surface area contributed by atoms with Crippen LogP contribution in [0.1, 0.15) is 11.1 Å². The zero-order valence-electron chi connectivity index (χ0n) is 11.2. The van der Waals surface area contributed by atoms with Gasteiger partial charge in [-0.25, -0.2) is 0 Å². The first-order valence-electron chi connectivity index (χ1n) is 6.37. The molecule has 2 aromatic rings. The third-order valence-corrected chi connectivity index (χ3v) is 3.05. The molecule has 0 atom stereocenters. The van der Waals surface area contributed by atoms with Crippen LogP contribution < -0.4 is 11.1 Å². The Bertz CT molecular complexity index is 690. The highest BCUT2D eigenvalue weighted by molar-refractivity contribution is 5.68. The molecule has 6 nitrogen and oxygen atoms in total. The van der Waals surface area contributed by atoms with Crippen LogP contribution in [-0.2, 0) is 6.42 Å². The van der Waals surface area contributed by atoms with Gasteiger partial charge >= 0.3 is 5.69 Å². The SMILES string of the molecule is N#Cc1cccc(NCCc2ccc(N)cc2)c1[N+](=O)[O-]. The number of nitro benzene ring substituents is 1. The molecule has 0 fully saturated rings. The second-order valence-electron chi connectivity index (χ2n) is 4.49. The van der Waals surface area contributed by atoms with Crippen molar-refractivity contribution in [3.63, 3.8) is 0 Å². The summed E-state index contributed by atoms with van der Waals surface area (Å²) in [7, 11) is 0. The molecule has 0 heterocycles. The molecule has 0 unspecified atom stereocenters. The Morgan fingerprint density at radius 2 is 1.95 bits per heavy atom. The Hall–Kier alpha value is -3.07. The molecule has 0 amide bonds. The van der Waals surface area contributed by atoms with E-state index >= 15 is 0 Å². The van der Waals surface area contributed by atoms with E-state index < -0.39 is 4.92 Å². The second-order valence-corrected chi connectivity index (χ2v) is 4.49. The third-order valence-electron chi connectivity index (χ3n) is 3.05. The van der Waals surface area contributed by atoms with Crippen LogP contribution in [0.15, 0.2) is 42.5 Å². The van der Waals surface area contributed by atoms with E-state index in [0.717, 1.165) is 5.56 Å². The van der Waals surface area contributed by atoms with Gasteiger partial charge in [0.25, 0.3) is 0 Å². The first-order valence-corrected chi connectivity index (χ1v) is 6.37. The van der Waals surface area contributed by atoms with E-state index in [1.54, 1.807) is 12.1 Å². The Kier molecular flexibility index (Phi) is 4.36. The van der Waals surface area contributed by atoms with Crippen molar-refractivity contribution < 1.29 is 4.92 Å². The van der Waals surface area contributed by atoms with Crippen LogP contribution in [0, 0.1) is 21.4 Å². The molecule has 3 N–H and O–H groups in total. The summed E-state index contributed by atoms with van der Waals surface area (Å²) < 4.78 is 0. The van der Waals surface area contributed by atoms with Gasteiger partial charge < -0.3 is 11.1 Å². The van der Waals surface area contributed by atoms with Gasteiger partial charge in [-0.15, -0.1) is 0 Å². The van der Waals surface area contributed by atoms with Crippen molar-refractivity contribution in [2.24, 2.45) is 0 Å². The summed E-state index contributed by atoms with van der Waals surface area (Å²) in [6.45, 7) is 0.527. The maximum atomic E-state index is 11.1. The molecule has 2 rings (SSSR count). The van der Waals surface area contributed by atoms with Crippen molar-refractivity contribution >= 4 is 17.1 Å². The Balaban J connectivity index is 2.08. The number of para-hydroxylation sites is 1. The number of nitriles is 1. The number of benzene rings is 2. The van der Waals surface area contributed by atoms with Gasteiger partial charge in [0, 0.05) is 12.2 Å². The molecule has 0 bridgehead atoms. The third kappa shape index (κ3) is 3.48. The lowest BCUT2D eigenvalue weighted by Gasteiger charge is -2.08. The van der Waals surface area contributed by atoms with Gasteiger partial charge in [0.2, 0.25) is 0 Å². The molecular weight excluding hydrogens is 268 g/mol. The topological polar surface area (TPSA) is 105 Å². The number of anilines is 2. The maximum Gasteiger partial charge on any atom is 0.309 e. The lowest BCUT2D eigenvalue weighted by atomic mass is 10.1. The molecule has 6 heteroatoms. The zero-order chi connectivity index (χ0) is 15.2. The first-order chi connectivity index (χ1) is 10.1. The van der Waals surface area contributed by atoms with Crippen molar-refractivity contribution in [2.75, 3.05) is 17.6 Å². The fourth-order valence-corrected chi connectivity index (χ4v) is 2.00. The molecule has 106 valence electrons. The number of nitro groups is 1. The van der Waals surface area contributed by atoms with Crippen LogP contribution in [0.4, 0.5) is 17.1 Å². The number of nitrogen functional groups attached to an aromatic ring is 1. The van der Waals surface area contributed by atoms with Crippen LogP contribution in [0.3, 0.4) is 0 Å². The van der Waals surface area contributed by atoms with E-state index in [-0.39, 0.29) is 11.3 Å². The number of rotatable bonds is 5. The summed E-state index contributed by atoms with van der Waals surface area (Å²) in [6, 6.07) is 13.9. The largest absolute Gasteiger partial charge is 0.399 e. The van der Waals surface area contributed by atoms with Gasteiger partial charge in [-0.3, -0.25) is 10.1 Å². The average molecular weight is 282 g/mol. The number of hydrogen-bond acceptors (Lipinski definition) is 5. The quantitative estimate of drug-likeness (QED) is 0.498. The fourth-order valence-electron chi connectivity index (χ4n) is 2.00. The highest BCUT2D eigenvalue weighted by Gasteiger charge is 2.18. The maximum absolute atomic E-state index is 11.1. The Labute approximate surface area is 122 Å². The standard InChI is InChI=1S/C15H14N4O2/c16-10-12-2-1-3-14(15(12)19(20)21)18-9-8-11-4-6-13(17)7-5-11/h1-7,18H,8-9,17H2. The first kappa shape index (κ1) is 14.3. The summed E-state index contributed by atoms with van der Waals surface area (Å²) in [5.74, 6) is 0. The summed E-state index contributed by atoms with van der Waals surface area (Å²) in [5, 5.41) is 23.0. The minimum atomic E-state index is -0.538. The predicted molar refractivity (Wildman–Crippen MR) is 80.9 cm³/mol. The van der Waals surface area contributed by atoms with Crippen LogP contribution >= 0.6 is 0 Å². The monoisotopic (exact) mass is 282 g/mol. The summed E-state index contributed by atoms with van der Waals surface area (Å²) in [5.41, 5.74) is 7.61. The summed E-state index contributed by atoms with van der Waals surface area (Å²) >= 11 is 0. The van der Waals surface area contributed by atoms with Crippen LogP contribution in [0.5, 0.6) is 0 Å². The number of nitrogens with one attached hydrogen (secondary N) is 1. The Morgan fingerprint density at radius 1 is 1.24 bits per heavy atom. The molecule has 0 aliphatic carbocycles. The molecular formula is C15H14N4O2. The molecule has 2 aromatic carbocycles. The number of hydrogen-bond donors (Lipinski definition) is 2. The zero-order valence-corrected chi connectivity index (χ0v) is 11.2. The van der Waals surface area contributed by atoms with E-state index in [2.05, 4.69) is 5.32 Å². The van der Waals surface area contributed by atoms with Crippen LogP contribution in [0.25, 0.3) is 0 Å². The van der Waals surface area contributed by atoms with Gasteiger partial charge in [-0.1, -0.05) is 18.2 Å². The van der Waals surface area contributed by atoms with Crippen LogP contribution in [-0.4, -0.2) is 11.5 Å². The second kappa shape index (κ2) is 6.39. The molecule has 0 spiro atoms. The lowest BCUT2D eigenvalue weighted by Crippen LogP contribution is -2.07. The minimum absolute atomic E-state index is 0.0532. The molecule has 0 aliphatic rings. The van der Waals surface area contributed by atoms with E-state index in [1.807, 2.05) is 30.3 Å². The van der Waals surface area contributed by atoms with E-state index in [9.17, 15) is 10.1 Å². The molecule has 0 saturated heterocycles. The van der Waals surface area contributed by atoms with Crippen LogP contribution in [0.2, 0.25) is 0 Å². The highest BCUT2D eigenvalue weighted by Crippen LogP contribution is 2.27. The average Bonchev–Trinajstić information content (AvgIpc) is 2.48. The molecule has 21 heavy (non-hydrogen) atoms. The Morgan fingerprint density at radius 3 is 2.57 bits per heavy atom. The van der Waals surface area contributed by atoms with Gasteiger partial charge in [-0.2, -0.15) is 5.26 Å². The summed E-state index contributed by atoms with van der Waals surface area (Å²) in [4.78, 5) is 10.5. The number of nitrogens with two attached hydrogens (primary N) is 1. The normalized spacial score (nSPS) is 9.86. The van der Waals surface area contributed by atoms with E-state index in [4.69, 9.17) is 11.0 Å². The van der Waals surface area contributed by atoms with E-state index in [0.29, 0.717) is 24.3 Å². The molecule has 0 aliphatic heterocycles. The molecule has 0 aromatic heterocycles. The van der Waals surface area contributed by atoms with Gasteiger partial charge in [0.1, 0.15) is 17.3 Å². The minimum Gasteiger partial charge on any atom is -0.399 e. The van der Waals surface area contributed by atoms with Gasteiger partial charge in [-0.05, 0) is 36.2 Å². The predicted octanol–water partition coefficient (Wildman–Crippen LogP) is 2.70. The van der Waals surface area contributed by atoms with Crippen molar-refractivity contribution in [3.05, 3.63) is 63.7 Å². The molecule has 0 radical (unpaired) electrons. The molecule has 0 saturated carbocycles. The fraction of sp³-hybridized carbons (Fsp3) is 0.133. The van der Waals surface area contributed by atoms with Crippen molar-refractivity contribution in [3.8, 4) is 6.07 Å². The van der Waals surface area contributed by atoms with Crippen molar-refractivity contribution in [1.29, 1.82) is 5.26 Å². The van der Waals surface area contributed by atoms with Gasteiger partial charge in [0.15, 0.2) is 0 Å². The van der Waals surface area contributed by atoms with E-state index in [1.165, 1.54) is 6.07 Å². The smallest absolute Gasteiger partial charge is 0.309 e. The number of nitrogens with zero attached hydrogens (tertiary/aromatic N) is 2. The van der Waals surface area contributed by atoms with Crippen molar-refractivity contribution in [1.82, 2.24) is 0 Å². The lowest BCUT2D eigenvalue weighted by molar-refractivity contribution is -0.384. The van der Waals surface area contributed by atoms with Crippen molar-refractivity contribution in [2.45, 2.75) is 6.42 Å².